The minimum atomic E-state index is -0.396. The quantitative estimate of drug-likeness (QED) is 0.719. The summed E-state index contributed by atoms with van der Waals surface area (Å²) < 4.78 is 5.83. The van der Waals surface area contributed by atoms with E-state index in [1.807, 2.05) is 6.92 Å². The molecule has 0 radical (unpaired) electrons. The van der Waals surface area contributed by atoms with Crippen molar-refractivity contribution in [1.82, 2.24) is 5.32 Å². The Balaban J connectivity index is 2.61. The first-order valence-electron chi connectivity index (χ1n) is 8.08. The smallest absolute Gasteiger partial charge is 0.237 e. The summed E-state index contributed by atoms with van der Waals surface area (Å²) in [5.74, 6) is 0.431. The number of ether oxygens (including phenoxy) is 1. The molecule has 1 aliphatic rings. The number of carbonyl (C=O) groups excluding carboxylic acids is 1. The van der Waals surface area contributed by atoms with Crippen LogP contribution >= 0.6 is 0 Å². The second-order valence-corrected chi connectivity index (χ2v) is 6.42. The second-order valence-electron chi connectivity index (χ2n) is 6.42. The van der Waals surface area contributed by atoms with Gasteiger partial charge >= 0.3 is 0 Å². The van der Waals surface area contributed by atoms with Gasteiger partial charge < -0.3 is 15.8 Å². The number of nitrogens with one attached hydrogen (secondary N) is 1. The van der Waals surface area contributed by atoms with E-state index in [0.29, 0.717) is 5.92 Å². The molecule has 0 heterocycles. The highest BCUT2D eigenvalue weighted by molar-refractivity contribution is 5.82. The standard InChI is InChI=1S/C16H32N2O2/c1-6-16(7-2)13(10-14(16)20-8-3)18-15(19)12(17)9-11(4)5/h11-14H,6-10,17H2,1-5H3,(H,18,19)/t12-,13?,14?/m0/s1. The van der Waals surface area contributed by atoms with Gasteiger partial charge in [0.2, 0.25) is 5.91 Å². The molecule has 0 aliphatic heterocycles. The maximum atomic E-state index is 12.2. The van der Waals surface area contributed by atoms with Crippen molar-refractivity contribution in [2.75, 3.05) is 6.61 Å². The summed E-state index contributed by atoms with van der Waals surface area (Å²) in [7, 11) is 0. The highest BCUT2D eigenvalue weighted by atomic mass is 16.5. The van der Waals surface area contributed by atoms with E-state index in [-0.39, 0.29) is 23.5 Å². The fourth-order valence-corrected chi connectivity index (χ4v) is 3.48. The molecule has 0 aromatic carbocycles. The van der Waals surface area contributed by atoms with Gasteiger partial charge in [0.05, 0.1) is 12.1 Å². The molecular formula is C16H32N2O2. The van der Waals surface area contributed by atoms with Crippen molar-refractivity contribution in [2.24, 2.45) is 17.1 Å². The molecule has 0 aromatic rings. The first-order chi connectivity index (χ1) is 9.41. The number of amides is 1. The van der Waals surface area contributed by atoms with Gasteiger partial charge in [-0.25, -0.2) is 0 Å². The molecule has 0 aromatic heterocycles. The van der Waals surface area contributed by atoms with Crippen molar-refractivity contribution in [1.29, 1.82) is 0 Å². The Labute approximate surface area is 123 Å². The number of rotatable bonds is 8. The zero-order valence-corrected chi connectivity index (χ0v) is 13.7. The fraction of sp³-hybridized carbons (Fsp3) is 0.938. The molecule has 1 aliphatic carbocycles. The Bertz CT molecular complexity index is 314. The molecule has 20 heavy (non-hydrogen) atoms. The van der Waals surface area contributed by atoms with Crippen LogP contribution in [0.4, 0.5) is 0 Å². The van der Waals surface area contributed by atoms with Crippen LogP contribution in [0, 0.1) is 11.3 Å². The van der Waals surface area contributed by atoms with Gasteiger partial charge in [-0.05, 0) is 38.5 Å². The zero-order valence-electron chi connectivity index (χ0n) is 13.7. The summed E-state index contributed by atoms with van der Waals surface area (Å²) in [5.41, 5.74) is 6.05. The minimum Gasteiger partial charge on any atom is -0.378 e. The van der Waals surface area contributed by atoms with E-state index >= 15 is 0 Å². The van der Waals surface area contributed by atoms with Crippen molar-refractivity contribution < 1.29 is 9.53 Å². The van der Waals surface area contributed by atoms with E-state index in [1.165, 1.54) is 0 Å². The zero-order chi connectivity index (χ0) is 15.3. The molecule has 2 unspecified atom stereocenters. The summed E-state index contributed by atoms with van der Waals surface area (Å²) in [4.78, 5) is 12.2. The van der Waals surface area contributed by atoms with Crippen molar-refractivity contribution in [2.45, 2.75) is 78.5 Å². The number of hydrogen-bond acceptors (Lipinski definition) is 3. The Morgan fingerprint density at radius 1 is 1.35 bits per heavy atom. The number of nitrogens with two attached hydrogens (primary N) is 1. The summed E-state index contributed by atoms with van der Waals surface area (Å²) in [6.07, 6.45) is 3.97. The van der Waals surface area contributed by atoms with E-state index < -0.39 is 6.04 Å². The van der Waals surface area contributed by atoms with Crippen LogP contribution in [0.15, 0.2) is 0 Å². The van der Waals surface area contributed by atoms with Crippen LogP contribution in [-0.2, 0) is 9.53 Å². The Hall–Kier alpha value is -0.610. The van der Waals surface area contributed by atoms with Gasteiger partial charge in [0, 0.05) is 18.1 Å². The summed E-state index contributed by atoms with van der Waals surface area (Å²) >= 11 is 0. The van der Waals surface area contributed by atoms with Crippen LogP contribution in [-0.4, -0.2) is 30.7 Å². The molecule has 1 rings (SSSR count). The molecule has 0 saturated heterocycles. The van der Waals surface area contributed by atoms with Gasteiger partial charge in [0.15, 0.2) is 0 Å². The third kappa shape index (κ3) is 3.53. The van der Waals surface area contributed by atoms with E-state index in [2.05, 4.69) is 33.0 Å². The maximum Gasteiger partial charge on any atom is 0.237 e. The van der Waals surface area contributed by atoms with Gasteiger partial charge in [-0.2, -0.15) is 0 Å². The van der Waals surface area contributed by atoms with Crippen molar-refractivity contribution in [3.63, 3.8) is 0 Å². The Morgan fingerprint density at radius 3 is 2.40 bits per heavy atom. The highest BCUT2D eigenvalue weighted by Crippen LogP contribution is 2.48. The normalized spacial score (nSPS) is 26.1. The lowest BCUT2D eigenvalue weighted by Crippen LogP contribution is -2.65. The third-order valence-corrected chi connectivity index (χ3v) is 4.85. The Kier molecular flexibility index (Phi) is 6.46. The molecule has 4 nitrogen and oxygen atoms in total. The van der Waals surface area contributed by atoms with Crippen LogP contribution in [0.3, 0.4) is 0 Å². The van der Waals surface area contributed by atoms with Crippen LogP contribution in [0.1, 0.15) is 60.3 Å². The lowest BCUT2D eigenvalue weighted by Gasteiger charge is -2.55. The van der Waals surface area contributed by atoms with Gasteiger partial charge in [-0.1, -0.05) is 27.7 Å². The predicted molar refractivity (Wildman–Crippen MR) is 82.4 cm³/mol. The number of hydrogen-bond donors (Lipinski definition) is 2. The van der Waals surface area contributed by atoms with Crippen LogP contribution < -0.4 is 11.1 Å². The molecule has 3 atom stereocenters. The van der Waals surface area contributed by atoms with Crippen LogP contribution in [0.2, 0.25) is 0 Å². The maximum absolute atomic E-state index is 12.2. The lowest BCUT2D eigenvalue weighted by atomic mass is 9.58. The highest BCUT2D eigenvalue weighted by Gasteiger charge is 2.53. The Morgan fingerprint density at radius 2 is 1.95 bits per heavy atom. The van der Waals surface area contributed by atoms with E-state index in [1.54, 1.807) is 0 Å². The predicted octanol–water partition coefficient (Wildman–Crippen LogP) is 2.46. The average Bonchev–Trinajstić information content (AvgIpc) is 2.38. The monoisotopic (exact) mass is 284 g/mol. The van der Waals surface area contributed by atoms with E-state index in [9.17, 15) is 4.79 Å². The van der Waals surface area contributed by atoms with E-state index in [4.69, 9.17) is 10.5 Å². The molecule has 0 bridgehead atoms. The summed E-state index contributed by atoms with van der Waals surface area (Å²) in [6.45, 7) is 11.3. The van der Waals surface area contributed by atoms with Gasteiger partial charge in [-0.3, -0.25) is 4.79 Å². The third-order valence-electron chi connectivity index (χ3n) is 4.85. The van der Waals surface area contributed by atoms with Gasteiger partial charge in [-0.15, -0.1) is 0 Å². The summed E-state index contributed by atoms with van der Waals surface area (Å²) in [6, 6.07) is -0.188. The molecule has 3 N–H and O–H groups in total. The molecular weight excluding hydrogens is 252 g/mol. The fourth-order valence-electron chi connectivity index (χ4n) is 3.48. The number of carbonyl (C=O) groups is 1. The lowest BCUT2D eigenvalue weighted by molar-refractivity contribution is -0.149. The molecule has 118 valence electrons. The topological polar surface area (TPSA) is 64.3 Å². The second kappa shape index (κ2) is 7.41. The summed E-state index contributed by atoms with van der Waals surface area (Å²) in [5, 5.41) is 3.16. The molecule has 1 amide bonds. The molecule has 1 saturated carbocycles. The largest absolute Gasteiger partial charge is 0.378 e. The molecule has 4 heteroatoms. The average molecular weight is 284 g/mol. The first kappa shape index (κ1) is 17.4. The van der Waals surface area contributed by atoms with Crippen LogP contribution in [0.5, 0.6) is 0 Å². The van der Waals surface area contributed by atoms with Gasteiger partial charge in [0.25, 0.3) is 0 Å². The van der Waals surface area contributed by atoms with Crippen molar-refractivity contribution >= 4 is 5.91 Å². The minimum absolute atomic E-state index is 0.00933. The van der Waals surface area contributed by atoms with E-state index in [0.717, 1.165) is 32.3 Å². The SMILES string of the molecule is CCOC1CC(NC(=O)[C@@H](N)CC(C)C)C1(CC)CC. The van der Waals surface area contributed by atoms with Crippen LogP contribution in [0.25, 0.3) is 0 Å². The van der Waals surface area contributed by atoms with Gasteiger partial charge in [0.1, 0.15) is 0 Å². The first-order valence-corrected chi connectivity index (χ1v) is 8.08. The van der Waals surface area contributed by atoms with Crippen molar-refractivity contribution in [3.05, 3.63) is 0 Å². The van der Waals surface area contributed by atoms with Crippen molar-refractivity contribution in [3.8, 4) is 0 Å². The molecule has 1 fully saturated rings. The molecule has 0 spiro atoms.